The molecule has 1 aromatic heterocycles. The Morgan fingerprint density at radius 3 is 2.38 bits per heavy atom. The first-order chi connectivity index (χ1) is 12.3. The first-order valence-corrected chi connectivity index (χ1v) is 7.26. The number of aliphatic hydroxyl groups is 2. The van der Waals surface area contributed by atoms with Crippen LogP contribution in [0, 0.1) is 20.2 Å². The Balaban J connectivity index is 2.20. The van der Waals surface area contributed by atoms with E-state index in [4.69, 9.17) is 0 Å². The number of nitro benzene ring substituents is 1. The van der Waals surface area contributed by atoms with Gasteiger partial charge in [0, 0.05) is 19.2 Å². The quantitative estimate of drug-likeness (QED) is 0.456. The SMILES string of the molecule is Cn1ncc([N+](=O)[O-])c1C(=O)N[C@@H](CO)[C@H](O)c1ccc([N+](=O)[O-])cc1. The predicted octanol–water partition coefficient (Wildman–Crippen LogP) is 0.0608. The average Bonchev–Trinajstić information content (AvgIpc) is 3.01. The summed E-state index contributed by atoms with van der Waals surface area (Å²) in [4.78, 5) is 32.5. The summed E-state index contributed by atoms with van der Waals surface area (Å²) in [5.74, 6) is -0.906. The van der Waals surface area contributed by atoms with Gasteiger partial charge < -0.3 is 15.5 Å². The van der Waals surface area contributed by atoms with Crippen LogP contribution in [0.1, 0.15) is 22.2 Å². The Kier molecular flexibility index (Phi) is 5.59. The summed E-state index contributed by atoms with van der Waals surface area (Å²) in [5.41, 5.74) is -0.832. The molecule has 12 heteroatoms. The van der Waals surface area contributed by atoms with E-state index in [1.165, 1.54) is 31.3 Å². The lowest BCUT2D eigenvalue weighted by atomic mass is 10.0. The minimum Gasteiger partial charge on any atom is -0.394 e. The lowest BCUT2D eigenvalue weighted by Crippen LogP contribution is -2.42. The molecule has 0 aliphatic carbocycles. The Bertz CT molecular complexity index is 833. The van der Waals surface area contributed by atoms with Crippen molar-refractivity contribution in [2.45, 2.75) is 12.1 Å². The number of aromatic nitrogens is 2. The number of nitro groups is 2. The van der Waals surface area contributed by atoms with E-state index in [9.17, 15) is 35.2 Å². The lowest BCUT2D eigenvalue weighted by Gasteiger charge is -2.22. The van der Waals surface area contributed by atoms with Gasteiger partial charge in [-0.1, -0.05) is 0 Å². The van der Waals surface area contributed by atoms with Crippen LogP contribution in [0.5, 0.6) is 0 Å². The minimum absolute atomic E-state index is 0.184. The van der Waals surface area contributed by atoms with Crippen molar-refractivity contribution in [3.63, 3.8) is 0 Å². The highest BCUT2D eigenvalue weighted by atomic mass is 16.6. The molecule has 0 saturated heterocycles. The number of nitrogens with one attached hydrogen (secondary N) is 1. The number of benzene rings is 1. The highest BCUT2D eigenvalue weighted by molar-refractivity contribution is 5.96. The summed E-state index contributed by atoms with van der Waals surface area (Å²) >= 11 is 0. The Morgan fingerprint density at radius 1 is 1.27 bits per heavy atom. The van der Waals surface area contributed by atoms with E-state index in [-0.39, 0.29) is 16.9 Å². The summed E-state index contributed by atoms with van der Waals surface area (Å²) in [6.45, 7) is -0.671. The van der Waals surface area contributed by atoms with E-state index in [2.05, 4.69) is 10.4 Å². The number of hydrogen-bond acceptors (Lipinski definition) is 8. The summed E-state index contributed by atoms with van der Waals surface area (Å²) < 4.78 is 1.00. The number of amides is 1. The third-order valence-electron chi connectivity index (χ3n) is 3.67. The molecule has 26 heavy (non-hydrogen) atoms. The second kappa shape index (κ2) is 7.67. The van der Waals surface area contributed by atoms with E-state index in [0.717, 1.165) is 10.9 Å². The van der Waals surface area contributed by atoms with Crippen LogP contribution in [0.3, 0.4) is 0 Å². The van der Waals surface area contributed by atoms with Gasteiger partial charge in [0.1, 0.15) is 12.3 Å². The summed E-state index contributed by atoms with van der Waals surface area (Å²) in [6.07, 6.45) is -0.479. The molecule has 0 fully saturated rings. The maximum absolute atomic E-state index is 12.3. The largest absolute Gasteiger partial charge is 0.394 e. The van der Waals surface area contributed by atoms with Crippen LogP contribution in [0.4, 0.5) is 11.4 Å². The topological polar surface area (TPSA) is 174 Å². The molecular formula is C14H15N5O7. The van der Waals surface area contributed by atoms with E-state index in [0.29, 0.717) is 0 Å². The van der Waals surface area contributed by atoms with Crippen LogP contribution in [-0.4, -0.2) is 48.4 Å². The molecule has 0 aliphatic rings. The molecule has 2 aromatic rings. The molecule has 0 radical (unpaired) electrons. The molecule has 1 aromatic carbocycles. The number of hydrogen-bond donors (Lipinski definition) is 3. The average molecular weight is 365 g/mol. The van der Waals surface area contributed by atoms with Gasteiger partial charge in [-0.3, -0.25) is 29.7 Å². The zero-order valence-corrected chi connectivity index (χ0v) is 13.5. The van der Waals surface area contributed by atoms with Crippen LogP contribution in [0.2, 0.25) is 0 Å². The van der Waals surface area contributed by atoms with Crippen molar-refractivity contribution in [2.24, 2.45) is 7.05 Å². The van der Waals surface area contributed by atoms with Crippen molar-refractivity contribution in [1.82, 2.24) is 15.1 Å². The number of aryl methyl sites for hydroxylation is 1. The third-order valence-corrected chi connectivity index (χ3v) is 3.67. The smallest absolute Gasteiger partial charge is 0.320 e. The van der Waals surface area contributed by atoms with Gasteiger partial charge in [-0.25, -0.2) is 0 Å². The molecule has 0 unspecified atom stereocenters. The molecule has 0 bridgehead atoms. The first-order valence-electron chi connectivity index (χ1n) is 7.26. The second-order valence-electron chi connectivity index (χ2n) is 5.32. The minimum atomic E-state index is -1.39. The molecule has 3 N–H and O–H groups in total. The van der Waals surface area contributed by atoms with E-state index in [1.54, 1.807) is 0 Å². The molecule has 0 saturated carbocycles. The molecule has 0 aliphatic heterocycles. The highest BCUT2D eigenvalue weighted by Gasteiger charge is 2.29. The maximum Gasteiger partial charge on any atom is 0.320 e. The van der Waals surface area contributed by atoms with Gasteiger partial charge in [-0.2, -0.15) is 5.10 Å². The van der Waals surface area contributed by atoms with Gasteiger partial charge in [-0.15, -0.1) is 0 Å². The third kappa shape index (κ3) is 3.81. The highest BCUT2D eigenvalue weighted by Crippen LogP contribution is 2.22. The number of rotatable bonds is 7. The molecule has 2 atom stereocenters. The molecule has 2 rings (SSSR count). The van der Waals surface area contributed by atoms with Crippen LogP contribution >= 0.6 is 0 Å². The number of nitrogens with zero attached hydrogens (tertiary/aromatic N) is 4. The van der Waals surface area contributed by atoms with Crippen LogP contribution in [0.25, 0.3) is 0 Å². The van der Waals surface area contributed by atoms with Crippen molar-refractivity contribution in [2.75, 3.05) is 6.61 Å². The Hall–Kier alpha value is -3.38. The normalized spacial score (nSPS) is 13.0. The van der Waals surface area contributed by atoms with Gasteiger partial charge in [0.2, 0.25) is 5.69 Å². The molecule has 12 nitrogen and oxygen atoms in total. The van der Waals surface area contributed by atoms with Gasteiger partial charge in [0.25, 0.3) is 11.6 Å². The monoisotopic (exact) mass is 365 g/mol. The summed E-state index contributed by atoms with van der Waals surface area (Å²) in [7, 11) is 1.34. The zero-order valence-electron chi connectivity index (χ0n) is 13.5. The van der Waals surface area contributed by atoms with Crippen LogP contribution in [-0.2, 0) is 7.05 Å². The lowest BCUT2D eigenvalue weighted by molar-refractivity contribution is -0.385. The van der Waals surface area contributed by atoms with Crippen molar-refractivity contribution in [1.29, 1.82) is 0 Å². The van der Waals surface area contributed by atoms with E-state index >= 15 is 0 Å². The van der Waals surface area contributed by atoms with Crippen LogP contribution < -0.4 is 5.32 Å². The van der Waals surface area contributed by atoms with E-state index in [1.807, 2.05) is 0 Å². The fourth-order valence-corrected chi connectivity index (χ4v) is 2.31. The second-order valence-corrected chi connectivity index (χ2v) is 5.32. The first kappa shape index (κ1) is 19.0. The van der Waals surface area contributed by atoms with Gasteiger partial charge in [-0.05, 0) is 17.7 Å². The van der Waals surface area contributed by atoms with Crippen molar-refractivity contribution in [3.8, 4) is 0 Å². The summed E-state index contributed by atoms with van der Waals surface area (Å²) in [5, 5.41) is 47.3. The van der Waals surface area contributed by atoms with Gasteiger partial charge >= 0.3 is 5.69 Å². The number of carbonyl (C=O) groups is 1. The van der Waals surface area contributed by atoms with Gasteiger partial charge in [0.15, 0.2) is 0 Å². The Morgan fingerprint density at radius 2 is 1.88 bits per heavy atom. The van der Waals surface area contributed by atoms with Gasteiger partial charge in [0.05, 0.1) is 22.5 Å². The standard InChI is InChI=1S/C14H15N5O7/c1-17-12(11(6-15-17)19(25)26)14(22)16-10(7-20)13(21)8-2-4-9(5-3-8)18(23)24/h2-6,10,13,20-21H,7H2,1H3,(H,16,22)/t10-,13+/m0/s1. The Labute approximate surface area is 146 Å². The van der Waals surface area contributed by atoms with Crippen molar-refractivity contribution >= 4 is 17.3 Å². The zero-order chi connectivity index (χ0) is 19.4. The van der Waals surface area contributed by atoms with Crippen molar-refractivity contribution < 1.29 is 24.9 Å². The number of carbonyl (C=O) groups excluding carboxylic acids is 1. The molecule has 1 amide bonds. The fraction of sp³-hybridized carbons (Fsp3) is 0.286. The molecular weight excluding hydrogens is 350 g/mol. The summed E-state index contributed by atoms with van der Waals surface area (Å²) in [6, 6.07) is 3.70. The maximum atomic E-state index is 12.3. The van der Waals surface area contributed by atoms with E-state index < -0.39 is 40.2 Å². The van der Waals surface area contributed by atoms with Crippen LogP contribution in [0.15, 0.2) is 30.5 Å². The molecule has 1 heterocycles. The van der Waals surface area contributed by atoms with Crippen molar-refractivity contribution in [3.05, 3.63) is 61.9 Å². The predicted molar refractivity (Wildman–Crippen MR) is 86.3 cm³/mol. The molecule has 0 spiro atoms. The fourth-order valence-electron chi connectivity index (χ4n) is 2.31. The number of non-ortho nitro benzene ring substituents is 1. The number of aliphatic hydroxyl groups excluding tert-OH is 2. The molecule has 138 valence electrons.